The Morgan fingerprint density at radius 3 is 2.50 bits per heavy atom. The van der Waals surface area contributed by atoms with Crippen LogP contribution in [0.3, 0.4) is 0 Å². The second-order valence-electron chi connectivity index (χ2n) is 5.59. The van der Waals surface area contributed by atoms with E-state index in [1.165, 1.54) is 11.8 Å². The number of thioether (sulfide) groups is 1. The summed E-state index contributed by atoms with van der Waals surface area (Å²) >= 11 is 1.22. The SMILES string of the molecule is CCOC(=O)N1CCN(C(=O)CSc2nnc(-c3ccccc3)o2)CC1. The number of hydrogen-bond acceptors (Lipinski definition) is 7. The van der Waals surface area contributed by atoms with Crippen molar-refractivity contribution >= 4 is 23.8 Å². The molecule has 26 heavy (non-hydrogen) atoms. The van der Waals surface area contributed by atoms with Crippen LogP contribution in [0.15, 0.2) is 40.0 Å². The zero-order chi connectivity index (χ0) is 18.4. The Hall–Kier alpha value is -2.55. The summed E-state index contributed by atoms with van der Waals surface area (Å²) in [5, 5.41) is 8.34. The topological polar surface area (TPSA) is 88.8 Å². The fourth-order valence-corrected chi connectivity index (χ4v) is 3.20. The Kier molecular flexibility index (Phi) is 6.11. The van der Waals surface area contributed by atoms with Crippen LogP contribution in [0.25, 0.3) is 11.5 Å². The van der Waals surface area contributed by atoms with Gasteiger partial charge >= 0.3 is 6.09 Å². The Labute approximate surface area is 155 Å². The van der Waals surface area contributed by atoms with Crippen molar-refractivity contribution in [3.05, 3.63) is 30.3 Å². The quantitative estimate of drug-likeness (QED) is 0.739. The van der Waals surface area contributed by atoms with E-state index in [2.05, 4.69) is 10.2 Å². The van der Waals surface area contributed by atoms with Gasteiger partial charge in [0.2, 0.25) is 11.8 Å². The second kappa shape index (κ2) is 8.70. The number of ether oxygens (including phenoxy) is 1. The fraction of sp³-hybridized carbons (Fsp3) is 0.412. The van der Waals surface area contributed by atoms with Crippen LogP contribution in [0.5, 0.6) is 0 Å². The normalized spacial score (nSPS) is 14.3. The first kappa shape index (κ1) is 18.2. The summed E-state index contributed by atoms with van der Waals surface area (Å²) < 4.78 is 10.6. The third-order valence-electron chi connectivity index (χ3n) is 3.90. The minimum atomic E-state index is -0.326. The van der Waals surface area contributed by atoms with Crippen molar-refractivity contribution in [3.8, 4) is 11.5 Å². The van der Waals surface area contributed by atoms with Gasteiger partial charge in [0, 0.05) is 31.7 Å². The van der Waals surface area contributed by atoms with Crippen molar-refractivity contribution in [2.24, 2.45) is 0 Å². The highest BCUT2D eigenvalue weighted by atomic mass is 32.2. The van der Waals surface area contributed by atoms with E-state index < -0.39 is 0 Å². The Morgan fingerprint density at radius 1 is 1.12 bits per heavy atom. The molecule has 9 heteroatoms. The minimum absolute atomic E-state index is 0.0158. The predicted octanol–water partition coefficient (Wildman–Crippen LogP) is 2.13. The summed E-state index contributed by atoms with van der Waals surface area (Å²) in [6, 6.07) is 9.47. The van der Waals surface area contributed by atoms with E-state index in [1.807, 2.05) is 30.3 Å². The molecule has 1 aliphatic heterocycles. The van der Waals surface area contributed by atoms with Crippen molar-refractivity contribution < 1.29 is 18.7 Å². The van der Waals surface area contributed by atoms with Gasteiger partial charge in [0.15, 0.2) is 0 Å². The molecule has 2 aromatic rings. The van der Waals surface area contributed by atoms with Gasteiger partial charge in [0.1, 0.15) is 0 Å². The van der Waals surface area contributed by atoms with E-state index in [0.29, 0.717) is 43.9 Å². The van der Waals surface area contributed by atoms with Crippen molar-refractivity contribution in [1.82, 2.24) is 20.0 Å². The molecule has 1 saturated heterocycles. The van der Waals surface area contributed by atoms with Crippen LogP contribution in [0.4, 0.5) is 4.79 Å². The molecule has 0 atom stereocenters. The molecule has 2 amide bonds. The number of amides is 2. The van der Waals surface area contributed by atoms with Gasteiger partial charge in [0.25, 0.3) is 5.22 Å². The maximum Gasteiger partial charge on any atom is 0.409 e. The highest BCUT2D eigenvalue weighted by Gasteiger charge is 2.25. The van der Waals surface area contributed by atoms with Gasteiger partial charge in [-0.25, -0.2) is 4.79 Å². The molecule has 8 nitrogen and oxygen atoms in total. The molecule has 3 rings (SSSR count). The molecular formula is C17H20N4O4S. The zero-order valence-electron chi connectivity index (χ0n) is 14.5. The molecule has 2 heterocycles. The summed E-state index contributed by atoms with van der Waals surface area (Å²) in [4.78, 5) is 27.4. The molecule has 0 unspecified atom stereocenters. The van der Waals surface area contributed by atoms with E-state index in [4.69, 9.17) is 9.15 Å². The number of aromatic nitrogens is 2. The van der Waals surface area contributed by atoms with E-state index in [-0.39, 0.29) is 17.8 Å². The number of hydrogen-bond donors (Lipinski definition) is 0. The van der Waals surface area contributed by atoms with Gasteiger partial charge in [-0.1, -0.05) is 30.0 Å². The number of carbonyl (C=O) groups is 2. The Balaban J connectivity index is 1.46. The lowest BCUT2D eigenvalue weighted by atomic mass is 10.2. The van der Waals surface area contributed by atoms with Crippen LogP contribution in [0.1, 0.15) is 6.92 Å². The van der Waals surface area contributed by atoms with Gasteiger partial charge in [-0.15, -0.1) is 10.2 Å². The summed E-state index contributed by atoms with van der Waals surface area (Å²) in [6.45, 7) is 4.08. The fourth-order valence-electron chi connectivity index (χ4n) is 2.53. The lowest BCUT2D eigenvalue weighted by molar-refractivity contribution is -0.129. The van der Waals surface area contributed by atoms with Gasteiger partial charge < -0.3 is 19.0 Å². The average molecular weight is 376 g/mol. The third kappa shape index (κ3) is 4.54. The maximum absolute atomic E-state index is 12.3. The molecule has 0 saturated carbocycles. The van der Waals surface area contributed by atoms with Crippen molar-refractivity contribution in [2.45, 2.75) is 12.1 Å². The van der Waals surface area contributed by atoms with E-state index in [1.54, 1.807) is 16.7 Å². The number of benzene rings is 1. The largest absolute Gasteiger partial charge is 0.450 e. The highest BCUT2D eigenvalue weighted by Crippen LogP contribution is 2.23. The van der Waals surface area contributed by atoms with Gasteiger partial charge in [-0.2, -0.15) is 0 Å². The van der Waals surface area contributed by atoms with Crippen molar-refractivity contribution in [2.75, 3.05) is 38.5 Å². The first-order valence-corrected chi connectivity index (χ1v) is 9.37. The average Bonchev–Trinajstić information content (AvgIpc) is 3.16. The van der Waals surface area contributed by atoms with Crippen LogP contribution >= 0.6 is 11.8 Å². The number of nitrogens with zero attached hydrogens (tertiary/aromatic N) is 4. The number of carbonyl (C=O) groups excluding carboxylic acids is 2. The summed E-state index contributed by atoms with van der Waals surface area (Å²) in [6.07, 6.45) is -0.326. The van der Waals surface area contributed by atoms with Crippen LogP contribution in [-0.2, 0) is 9.53 Å². The number of rotatable bonds is 5. The van der Waals surface area contributed by atoms with Crippen LogP contribution in [0, 0.1) is 0 Å². The van der Waals surface area contributed by atoms with E-state index >= 15 is 0 Å². The molecule has 1 fully saturated rings. The molecule has 0 bridgehead atoms. The molecule has 0 spiro atoms. The van der Waals surface area contributed by atoms with Crippen molar-refractivity contribution in [1.29, 1.82) is 0 Å². The van der Waals surface area contributed by atoms with Gasteiger partial charge in [-0.05, 0) is 19.1 Å². The number of piperazine rings is 1. The Morgan fingerprint density at radius 2 is 1.81 bits per heavy atom. The molecule has 0 N–H and O–H groups in total. The lowest BCUT2D eigenvalue weighted by Crippen LogP contribution is -2.51. The first-order valence-electron chi connectivity index (χ1n) is 8.38. The summed E-state index contributed by atoms with van der Waals surface area (Å²) in [7, 11) is 0. The standard InChI is InChI=1S/C17H20N4O4S/c1-2-24-17(23)21-10-8-20(9-11-21)14(22)12-26-16-19-18-15(25-16)13-6-4-3-5-7-13/h3-7H,2,8-12H2,1H3. The zero-order valence-corrected chi connectivity index (χ0v) is 15.3. The predicted molar refractivity (Wildman–Crippen MR) is 95.6 cm³/mol. The Bertz CT molecular complexity index is 744. The first-order chi connectivity index (χ1) is 12.7. The summed E-state index contributed by atoms with van der Waals surface area (Å²) in [5.74, 6) is 0.636. The van der Waals surface area contributed by atoms with Crippen LogP contribution < -0.4 is 0 Å². The van der Waals surface area contributed by atoms with Crippen molar-refractivity contribution in [3.63, 3.8) is 0 Å². The molecule has 0 radical (unpaired) electrons. The molecule has 1 aromatic carbocycles. The van der Waals surface area contributed by atoms with Crippen LogP contribution in [0.2, 0.25) is 0 Å². The summed E-state index contributed by atoms with van der Waals surface area (Å²) in [5.41, 5.74) is 0.841. The maximum atomic E-state index is 12.3. The lowest BCUT2D eigenvalue weighted by Gasteiger charge is -2.33. The smallest absolute Gasteiger partial charge is 0.409 e. The van der Waals surface area contributed by atoms with E-state index in [9.17, 15) is 9.59 Å². The second-order valence-corrected chi connectivity index (χ2v) is 6.52. The minimum Gasteiger partial charge on any atom is -0.450 e. The molecule has 1 aliphatic rings. The molecule has 1 aromatic heterocycles. The van der Waals surface area contributed by atoms with E-state index in [0.717, 1.165) is 5.56 Å². The monoisotopic (exact) mass is 376 g/mol. The third-order valence-corrected chi connectivity index (χ3v) is 4.71. The van der Waals surface area contributed by atoms with Crippen LogP contribution in [-0.4, -0.2) is 70.5 Å². The molecule has 0 aliphatic carbocycles. The molecular weight excluding hydrogens is 356 g/mol. The highest BCUT2D eigenvalue weighted by molar-refractivity contribution is 7.99. The van der Waals surface area contributed by atoms with Gasteiger partial charge in [0.05, 0.1) is 12.4 Å². The molecule has 138 valence electrons. The van der Waals surface area contributed by atoms with Gasteiger partial charge in [-0.3, -0.25) is 4.79 Å².